The average molecular weight is 268 g/mol. The zero-order chi connectivity index (χ0) is 14.6. The van der Waals surface area contributed by atoms with E-state index in [0.717, 1.165) is 0 Å². The number of nitrogens with one attached hydrogen (secondary N) is 1. The highest BCUT2D eigenvalue weighted by Gasteiger charge is 2.15. The molecular weight excluding hydrogens is 247 g/mol. The number of carbonyl (C=O) groups is 1. The van der Waals surface area contributed by atoms with Crippen LogP contribution in [-0.4, -0.2) is 18.1 Å². The first-order chi connectivity index (χ1) is 8.69. The number of amides is 1. The summed E-state index contributed by atoms with van der Waals surface area (Å²) < 4.78 is 18.8. The lowest BCUT2D eigenvalue weighted by Crippen LogP contribution is -2.43. The fourth-order valence-electron chi connectivity index (χ4n) is 1.52. The third-order valence-electron chi connectivity index (χ3n) is 2.35. The molecule has 1 atom stereocenters. The summed E-state index contributed by atoms with van der Waals surface area (Å²) in [6.07, 6.45) is 0. The molecule has 0 radical (unpaired) electrons. The smallest absolute Gasteiger partial charge is 0.258 e. The molecule has 4 nitrogen and oxygen atoms in total. The van der Waals surface area contributed by atoms with E-state index in [-0.39, 0.29) is 29.8 Å². The molecule has 0 aliphatic rings. The Morgan fingerprint density at radius 1 is 1.47 bits per heavy atom. The minimum absolute atomic E-state index is 0.0495. The van der Waals surface area contributed by atoms with Crippen LogP contribution in [0.4, 0.5) is 4.39 Å². The maximum absolute atomic E-state index is 13.7. The van der Waals surface area contributed by atoms with Crippen LogP contribution in [0.5, 0.6) is 5.75 Å². The number of benzene rings is 1. The molecule has 1 rings (SSSR count). The van der Waals surface area contributed by atoms with Crippen molar-refractivity contribution in [3.05, 3.63) is 29.6 Å². The predicted octanol–water partition coefficient (Wildman–Crippen LogP) is 2.14. The molecule has 0 spiro atoms. The molecule has 1 aromatic rings. The summed E-state index contributed by atoms with van der Waals surface area (Å²) in [5, 5.41) is 2.73. The lowest BCUT2D eigenvalue weighted by molar-refractivity contribution is -0.124. The topological polar surface area (TPSA) is 64.3 Å². The average Bonchev–Trinajstić information content (AvgIpc) is 2.24. The van der Waals surface area contributed by atoms with Crippen molar-refractivity contribution in [3.63, 3.8) is 0 Å². The van der Waals surface area contributed by atoms with Gasteiger partial charge in [-0.25, -0.2) is 4.39 Å². The van der Waals surface area contributed by atoms with Crippen LogP contribution in [0.3, 0.4) is 0 Å². The van der Waals surface area contributed by atoms with Crippen molar-refractivity contribution in [2.75, 3.05) is 6.61 Å². The minimum atomic E-state index is -0.515. The van der Waals surface area contributed by atoms with Crippen molar-refractivity contribution in [1.29, 1.82) is 0 Å². The second-order valence-electron chi connectivity index (χ2n) is 5.57. The summed E-state index contributed by atoms with van der Waals surface area (Å²) in [6, 6.07) is 4.25. The van der Waals surface area contributed by atoms with Gasteiger partial charge in [-0.2, -0.15) is 0 Å². The van der Waals surface area contributed by atoms with Crippen molar-refractivity contribution >= 4 is 5.91 Å². The molecule has 106 valence electrons. The third-order valence-corrected chi connectivity index (χ3v) is 2.35. The molecule has 0 bridgehead atoms. The Morgan fingerprint density at radius 3 is 2.58 bits per heavy atom. The van der Waals surface area contributed by atoms with Gasteiger partial charge in [-0.05, 0) is 45.4 Å². The summed E-state index contributed by atoms with van der Waals surface area (Å²) in [7, 11) is 0. The second kappa shape index (κ2) is 6.02. The number of halogens is 1. The van der Waals surface area contributed by atoms with Crippen LogP contribution in [0.2, 0.25) is 0 Å². The predicted molar refractivity (Wildman–Crippen MR) is 72.4 cm³/mol. The molecule has 5 heteroatoms. The lowest BCUT2D eigenvalue weighted by atomic mass is 10.1. The first-order valence-electron chi connectivity index (χ1n) is 6.18. The van der Waals surface area contributed by atoms with Crippen molar-refractivity contribution < 1.29 is 13.9 Å². The molecular formula is C14H21FN2O2. The van der Waals surface area contributed by atoms with Crippen molar-refractivity contribution in [1.82, 2.24) is 5.32 Å². The molecule has 0 saturated heterocycles. The number of nitrogens with two attached hydrogens (primary N) is 1. The Morgan fingerprint density at radius 2 is 2.11 bits per heavy atom. The largest absolute Gasteiger partial charge is 0.481 e. The van der Waals surface area contributed by atoms with Crippen LogP contribution in [0.25, 0.3) is 0 Å². The van der Waals surface area contributed by atoms with Gasteiger partial charge < -0.3 is 15.8 Å². The second-order valence-corrected chi connectivity index (χ2v) is 5.57. The Bertz CT molecular complexity index is 453. The highest BCUT2D eigenvalue weighted by atomic mass is 19.1. The van der Waals surface area contributed by atoms with Gasteiger partial charge >= 0.3 is 0 Å². The standard InChI is InChI=1S/C14H21FN2O2/c1-9(16)10-5-6-12(11(15)7-10)19-8-13(18)17-14(2,3)4/h5-7,9H,8,16H2,1-4H3,(H,17,18). The summed E-state index contributed by atoms with van der Waals surface area (Å²) in [4.78, 5) is 11.5. The number of ether oxygens (including phenoxy) is 1. The Balaban J connectivity index is 2.61. The number of carbonyl (C=O) groups excluding carboxylic acids is 1. The van der Waals surface area contributed by atoms with Crippen LogP contribution >= 0.6 is 0 Å². The van der Waals surface area contributed by atoms with Crippen molar-refractivity contribution in [3.8, 4) is 5.75 Å². The van der Waals surface area contributed by atoms with E-state index in [1.807, 2.05) is 20.8 Å². The van der Waals surface area contributed by atoms with Crippen LogP contribution in [0, 0.1) is 5.82 Å². The number of rotatable bonds is 4. The molecule has 0 fully saturated rings. The van der Waals surface area contributed by atoms with Gasteiger partial charge in [0.1, 0.15) is 0 Å². The fraction of sp³-hybridized carbons (Fsp3) is 0.500. The fourth-order valence-corrected chi connectivity index (χ4v) is 1.52. The normalized spacial score (nSPS) is 12.9. The first-order valence-corrected chi connectivity index (χ1v) is 6.18. The molecule has 3 N–H and O–H groups in total. The van der Waals surface area contributed by atoms with E-state index in [0.29, 0.717) is 5.56 Å². The zero-order valence-corrected chi connectivity index (χ0v) is 11.8. The van der Waals surface area contributed by atoms with Crippen LogP contribution in [-0.2, 0) is 4.79 Å². The van der Waals surface area contributed by atoms with Crippen molar-refractivity contribution in [2.45, 2.75) is 39.3 Å². The molecule has 19 heavy (non-hydrogen) atoms. The molecule has 0 saturated carbocycles. The maximum atomic E-state index is 13.7. The highest BCUT2D eigenvalue weighted by molar-refractivity contribution is 5.78. The monoisotopic (exact) mass is 268 g/mol. The molecule has 0 heterocycles. The van der Waals surface area contributed by atoms with Crippen LogP contribution in [0.1, 0.15) is 39.3 Å². The van der Waals surface area contributed by atoms with Gasteiger partial charge in [0.25, 0.3) is 5.91 Å². The first kappa shape index (κ1) is 15.4. The Hall–Kier alpha value is -1.62. The van der Waals surface area contributed by atoms with Crippen molar-refractivity contribution in [2.24, 2.45) is 5.73 Å². The molecule has 0 aliphatic carbocycles. The molecule has 1 aromatic carbocycles. The van der Waals surface area contributed by atoms with E-state index in [4.69, 9.17) is 10.5 Å². The SMILES string of the molecule is CC(N)c1ccc(OCC(=O)NC(C)(C)C)c(F)c1. The highest BCUT2D eigenvalue weighted by Crippen LogP contribution is 2.21. The Labute approximate surface area is 113 Å². The van der Waals surface area contributed by atoms with Crippen LogP contribution < -0.4 is 15.8 Å². The van der Waals surface area contributed by atoms with E-state index in [2.05, 4.69) is 5.32 Å². The van der Waals surface area contributed by atoms with Gasteiger partial charge in [0.05, 0.1) is 0 Å². The van der Waals surface area contributed by atoms with Gasteiger partial charge in [-0.15, -0.1) is 0 Å². The van der Waals surface area contributed by atoms with E-state index in [1.54, 1.807) is 13.0 Å². The lowest BCUT2D eigenvalue weighted by Gasteiger charge is -2.20. The summed E-state index contributed by atoms with van der Waals surface area (Å²) >= 11 is 0. The summed E-state index contributed by atoms with van der Waals surface area (Å²) in [5.74, 6) is -0.755. The zero-order valence-electron chi connectivity index (χ0n) is 11.8. The molecule has 1 unspecified atom stereocenters. The maximum Gasteiger partial charge on any atom is 0.258 e. The molecule has 0 aromatic heterocycles. The van der Waals surface area contributed by atoms with E-state index < -0.39 is 5.82 Å². The van der Waals surface area contributed by atoms with Gasteiger partial charge in [0.15, 0.2) is 18.2 Å². The molecule has 0 aliphatic heterocycles. The van der Waals surface area contributed by atoms with Gasteiger partial charge in [-0.3, -0.25) is 4.79 Å². The van der Waals surface area contributed by atoms with Gasteiger partial charge in [0.2, 0.25) is 0 Å². The number of hydrogen-bond donors (Lipinski definition) is 2. The summed E-state index contributed by atoms with van der Waals surface area (Å²) in [6.45, 7) is 7.15. The molecule has 1 amide bonds. The quantitative estimate of drug-likeness (QED) is 0.879. The summed E-state index contributed by atoms with van der Waals surface area (Å²) in [5.41, 5.74) is 6.00. The van der Waals surface area contributed by atoms with E-state index >= 15 is 0 Å². The number of hydrogen-bond acceptors (Lipinski definition) is 3. The van der Waals surface area contributed by atoms with Gasteiger partial charge in [0, 0.05) is 11.6 Å². The van der Waals surface area contributed by atoms with E-state index in [1.165, 1.54) is 12.1 Å². The third kappa shape index (κ3) is 5.26. The Kier molecular flexibility index (Phi) is 4.89. The van der Waals surface area contributed by atoms with Crippen LogP contribution in [0.15, 0.2) is 18.2 Å². The minimum Gasteiger partial charge on any atom is -0.481 e. The van der Waals surface area contributed by atoms with E-state index in [9.17, 15) is 9.18 Å². The van der Waals surface area contributed by atoms with Gasteiger partial charge in [-0.1, -0.05) is 6.07 Å².